The molecule has 2 aliphatic rings. The third-order valence-electron chi connectivity index (χ3n) is 4.97. The van der Waals surface area contributed by atoms with E-state index in [4.69, 9.17) is 0 Å². The Kier molecular flexibility index (Phi) is 5.67. The average molecular weight is 368 g/mol. The summed E-state index contributed by atoms with van der Waals surface area (Å²) in [5.41, 5.74) is -0.203. The first kappa shape index (κ1) is 18.2. The highest BCUT2D eigenvalue weighted by atomic mass is 32.2. The summed E-state index contributed by atoms with van der Waals surface area (Å²) >= 11 is 0. The van der Waals surface area contributed by atoms with Crippen molar-refractivity contribution in [1.29, 1.82) is 0 Å². The van der Waals surface area contributed by atoms with Crippen molar-refractivity contribution in [2.45, 2.75) is 17.7 Å². The molecule has 0 unspecified atom stereocenters. The average Bonchev–Trinajstić information content (AvgIpc) is 2.63. The highest BCUT2D eigenvalue weighted by Crippen LogP contribution is 2.22. The van der Waals surface area contributed by atoms with Crippen molar-refractivity contribution in [3.63, 3.8) is 0 Å². The number of non-ortho nitro benzene ring substituents is 1. The molecule has 0 aliphatic carbocycles. The molecule has 0 spiro atoms. The Morgan fingerprint density at radius 2 is 1.84 bits per heavy atom. The van der Waals surface area contributed by atoms with E-state index in [1.807, 2.05) is 0 Å². The van der Waals surface area contributed by atoms with E-state index >= 15 is 0 Å². The monoisotopic (exact) mass is 368 g/mol. The van der Waals surface area contributed by atoms with E-state index in [-0.39, 0.29) is 10.6 Å². The Balaban J connectivity index is 1.61. The van der Waals surface area contributed by atoms with Crippen LogP contribution in [-0.4, -0.2) is 68.4 Å². The largest absolute Gasteiger partial charge is 0.317 e. The molecule has 2 aliphatic heterocycles. The number of nitro groups is 1. The van der Waals surface area contributed by atoms with Gasteiger partial charge in [-0.3, -0.25) is 10.1 Å². The number of hydrogen-bond donors (Lipinski definition) is 1. The normalized spacial score (nSPS) is 21.3. The molecule has 2 heterocycles. The fraction of sp³-hybridized carbons (Fsp3) is 0.625. The summed E-state index contributed by atoms with van der Waals surface area (Å²) in [5, 5.41) is 14.2. The Hall–Kier alpha value is -1.55. The molecular formula is C16H24N4O4S. The van der Waals surface area contributed by atoms with Gasteiger partial charge in [0.05, 0.1) is 9.82 Å². The quantitative estimate of drug-likeness (QED) is 0.613. The van der Waals surface area contributed by atoms with Gasteiger partial charge in [-0.05, 0) is 37.9 Å². The van der Waals surface area contributed by atoms with Crippen molar-refractivity contribution in [2.24, 2.45) is 5.92 Å². The molecule has 1 aromatic rings. The van der Waals surface area contributed by atoms with E-state index in [2.05, 4.69) is 10.2 Å². The van der Waals surface area contributed by atoms with Crippen molar-refractivity contribution in [1.82, 2.24) is 14.5 Å². The summed E-state index contributed by atoms with van der Waals surface area (Å²) < 4.78 is 26.9. The van der Waals surface area contributed by atoms with Gasteiger partial charge in [-0.25, -0.2) is 8.42 Å². The van der Waals surface area contributed by atoms with Crippen molar-refractivity contribution >= 4 is 15.7 Å². The van der Waals surface area contributed by atoms with Gasteiger partial charge in [-0.1, -0.05) is 6.07 Å². The first-order valence-electron chi connectivity index (χ1n) is 8.64. The van der Waals surface area contributed by atoms with Gasteiger partial charge >= 0.3 is 0 Å². The lowest BCUT2D eigenvalue weighted by atomic mass is 9.97. The molecule has 0 amide bonds. The second-order valence-electron chi connectivity index (χ2n) is 6.65. The minimum Gasteiger partial charge on any atom is -0.317 e. The predicted octanol–water partition coefficient (Wildman–Crippen LogP) is 0.901. The first-order valence-corrected chi connectivity index (χ1v) is 10.1. The van der Waals surface area contributed by atoms with Crippen LogP contribution in [0.4, 0.5) is 5.69 Å². The number of hydrogen-bond acceptors (Lipinski definition) is 6. The third-order valence-corrected chi connectivity index (χ3v) is 6.87. The number of piperidine rings is 1. The maximum atomic E-state index is 12.7. The van der Waals surface area contributed by atoms with Crippen molar-refractivity contribution in [3.05, 3.63) is 34.4 Å². The van der Waals surface area contributed by atoms with Crippen LogP contribution < -0.4 is 5.32 Å². The highest BCUT2D eigenvalue weighted by Gasteiger charge is 2.30. The zero-order valence-corrected chi connectivity index (χ0v) is 15.0. The Morgan fingerprint density at radius 1 is 1.16 bits per heavy atom. The minimum absolute atomic E-state index is 0.00601. The molecular weight excluding hydrogens is 344 g/mol. The summed E-state index contributed by atoms with van der Waals surface area (Å²) in [6, 6.07) is 5.27. The lowest BCUT2D eigenvalue weighted by Crippen LogP contribution is -2.50. The number of nitrogens with zero attached hydrogens (tertiary/aromatic N) is 3. The maximum absolute atomic E-state index is 12.7. The van der Waals surface area contributed by atoms with Crippen LogP contribution >= 0.6 is 0 Å². The van der Waals surface area contributed by atoms with E-state index in [0.29, 0.717) is 32.1 Å². The molecule has 2 fully saturated rings. The van der Waals surface area contributed by atoms with Crippen LogP contribution in [0, 0.1) is 16.0 Å². The number of nitrogens with one attached hydrogen (secondary N) is 1. The van der Waals surface area contributed by atoms with E-state index in [9.17, 15) is 18.5 Å². The SMILES string of the molecule is O=[N+]([O-])c1cccc(S(=O)(=O)N2CCN(CC3CCNCC3)CC2)c1. The fourth-order valence-corrected chi connectivity index (χ4v) is 4.95. The number of piperazine rings is 1. The van der Waals surface area contributed by atoms with Crippen LogP contribution in [0.2, 0.25) is 0 Å². The molecule has 0 saturated carbocycles. The summed E-state index contributed by atoms with van der Waals surface area (Å²) in [6.45, 7) is 5.41. The molecule has 3 rings (SSSR count). The zero-order valence-electron chi connectivity index (χ0n) is 14.1. The van der Waals surface area contributed by atoms with Crippen LogP contribution in [0.15, 0.2) is 29.2 Å². The van der Waals surface area contributed by atoms with Crippen molar-refractivity contribution in [2.75, 3.05) is 45.8 Å². The molecule has 1 aromatic carbocycles. The Morgan fingerprint density at radius 3 is 2.48 bits per heavy atom. The van der Waals surface area contributed by atoms with Crippen LogP contribution in [0.5, 0.6) is 0 Å². The third kappa shape index (κ3) is 4.35. The first-order chi connectivity index (χ1) is 12.0. The van der Waals surface area contributed by atoms with Gasteiger partial charge in [0.25, 0.3) is 5.69 Å². The molecule has 25 heavy (non-hydrogen) atoms. The summed E-state index contributed by atoms with van der Waals surface area (Å²) in [7, 11) is -3.68. The van der Waals surface area contributed by atoms with E-state index < -0.39 is 14.9 Å². The van der Waals surface area contributed by atoms with Gasteiger partial charge in [0, 0.05) is 44.9 Å². The molecule has 0 aromatic heterocycles. The molecule has 1 N–H and O–H groups in total. The molecule has 9 heteroatoms. The number of nitro benzene ring substituents is 1. The van der Waals surface area contributed by atoms with Gasteiger partial charge < -0.3 is 10.2 Å². The van der Waals surface area contributed by atoms with Crippen LogP contribution in [0.3, 0.4) is 0 Å². The standard InChI is InChI=1S/C16H24N4O4S/c21-20(22)15-2-1-3-16(12-15)25(23,24)19-10-8-18(9-11-19)13-14-4-6-17-7-5-14/h1-3,12,14,17H,4-11,13H2. The molecule has 138 valence electrons. The lowest BCUT2D eigenvalue weighted by molar-refractivity contribution is -0.385. The molecule has 8 nitrogen and oxygen atoms in total. The Bertz CT molecular complexity index is 711. The van der Waals surface area contributed by atoms with E-state index in [1.54, 1.807) is 0 Å². The molecule has 0 radical (unpaired) electrons. The van der Waals surface area contributed by atoms with E-state index in [0.717, 1.165) is 25.7 Å². The summed E-state index contributed by atoms with van der Waals surface area (Å²) in [5.74, 6) is 0.682. The van der Waals surface area contributed by atoms with Gasteiger partial charge in [0.2, 0.25) is 10.0 Å². The summed E-state index contributed by atoms with van der Waals surface area (Å²) in [4.78, 5) is 12.6. The number of benzene rings is 1. The molecule has 2 saturated heterocycles. The van der Waals surface area contributed by atoms with Gasteiger partial charge in [0.15, 0.2) is 0 Å². The van der Waals surface area contributed by atoms with Crippen molar-refractivity contribution in [3.8, 4) is 0 Å². The molecule has 0 atom stereocenters. The molecule has 0 bridgehead atoms. The topological polar surface area (TPSA) is 95.8 Å². The second-order valence-corrected chi connectivity index (χ2v) is 8.59. The van der Waals surface area contributed by atoms with Crippen LogP contribution in [-0.2, 0) is 10.0 Å². The maximum Gasteiger partial charge on any atom is 0.270 e. The smallest absolute Gasteiger partial charge is 0.270 e. The Labute approximate surface area is 148 Å². The van der Waals surface area contributed by atoms with E-state index in [1.165, 1.54) is 35.3 Å². The summed E-state index contributed by atoms with van der Waals surface area (Å²) in [6.07, 6.45) is 2.35. The number of sulfonamides is 1. The van der Waals surface area contributed by atoms with Gasteiger partial charge in [-0.2, -0.15) is 4.31 Å². The zero-order chi connectivity index (χ0) is 17.9. The van der Waals surface area contributed by atoms with Gasteiger partial charge in [0.1, 0.15) is 0 Å². The minimum atomic E-state index is -3.68. The fourth-order valence-electron chi connectivity index (χ4n) is 3.49. The predicted molar refractivity (Wildman–Crippen MR) is 93.9 cm³/mol. The highest BCUT2D eigenvalue weighted by molar-refractivity contribution is 7.89. The van der Waals surface area contributed by atoms with Crippen LogP contribution in [0.1, 0.15) is 12.8 Å². The second kappa shape index (κ2) is 7.77. The number of rotatable bonds is 5. The lowest BCUT2D eigenvalue weighted by Gasteiger charge is -2.36. The van der Waals surface area contributed by atoms with Crippen molar-refractivity contribution < 1.29 is 13.3 Å². The van der Waals surface area contributed by atoms with Crippen LogP contribution in [0.25, 0.3) is 0 Å². The van der Waals surface area contributed by atoms with Gasteiger partial charge in [-0.15, -0.1) is 0 Å².